The van der Waals surface area contributed by atoms with Gasteiger partial charge in [0.15, 0.2) is 5.82 Å². The Labute approximate surface area is 141 Å². The van der Waals surface area contributed by atoms with Crippen molar-refractivity contribution in [3.63, 3.8) is 0 Å². The van der Waals surface area contributed by atoms with Crippen LogP contribution in [0.5, 0.6) is 11.5 Å². The van der Waals surface area contributed by atoms with Gasteiger partial charge in [-0.2, -0.15) is 4.37 Å². The Hall–Kier alpha value is -2.40. The highest BCUT2D eigenvalue weighted by molar-refractivity contribution is 7.09. The molecule has 0 aliphatic rings. The van der Waals surface area contributed by atoms with Crippen molar-refractivity contribution >= 4 is 11.5 Å². The summed E-state index contributed by atoms with van der Waals surface area (Å²) in [5, 5.41) is 20.2. The summed E-state index contributed by atoms with van der Waals surface area (Å²) in [5.41, 5.74) is 1.22. The van der Waals surface area contributed by atoms with Crippen LogP contribution in [0.2, 0.25) is 0 Å². The van der Waals surface area contributed by atoms with E-state index in [0.717, 1.165) is 0 Å². The molecule has 3 aromatic rings. The molecule has 4 nitrogen and oxygen atoms in total. The first-order valence-electron chi connectivity index (χ1n) is 7.66. The number of para-hydroxylation sites is 2. The summed E-state index contributed by atoms with van der Waals surface area (Å²) in [6.45, 7) is 8.00. The van der Waals surface area contributed by atoms with Crippen LogP contribution < -0.4 is 0 Å². The topological polar surface area (TPSA) is 66.2 Å². The lowest BCUT2D eigenvalue weighted by molar-refractivity contribution is 0.477. The molecule has 0 atom stereocenters. The minimum atomic E-state index is 0.143. The fraction of sp³-hybridized carbons (Fsp3) is 0.222. The van der Waals surface area contributed by atoms with Crippen LogP contribution in [-0.2, 0) is 0 Å². The Morgan fingerprint density at radius 1 is 0.739 bits per heavy atom. The molecule has 5 heteroatoms. The molecule has 0 bridgehead atoms. The van der Waals surface area contributed by atoms with Gasteiger partial charge in [0, 0.05) is 0 Å². The Kier molecular flexibility index (Phi) is 7.77. The number of hydrogen-bond acceptors (Lipinski definition) is 5. The Balaban J connectivity index is 0.000000615. The molecular weight excluding hydrogens is 308 g/mol. The predicted octanol–water partition coefficient (Wildman–Crippen LogP) is 5.34. The third kappa shape index (κ3) is 4.53. The summed E-state index contributed by atoms with van der Waals surface area (Å²) >= 11 is 1.19. The molecular formula is C18H22N2O2S. The van der Waals surface area contributed by atoms with E-state index in [0.29, 0.717) is 22.0 Å². The van der Waals surface area contributed by atoms with Crippen molar-refractivity contribution in [3.05, 3.63) is 48.5 Å². The maximum absolute atomic E-state index is 9.79. The van der Waals surface area contributed by atoms with Crippen LogP contribution in [0.1, 0.15) is 27.7 Å². The second-order valence-corrected chi connectivity index (χ2v) is 4.71. The maximum Gasteiger partial charge on any atom is 0.177 e. The van der Waals surface area contributed by atoms with Crippen LogP contribution >= 0.6 is 11.5 Å². The lowest BCUT2D eigenvalue weighted by Crippen LogP contribution is -1.82. The maximum atomic E-state index is 9.79. The third-order valence-corrected chi connectivity index (χ3v) is 3.45. The highest BCUT2D eigenvalue weighted by atomic mass is 32.1. The van der Waals surface area contributed by atoms with Gasteiger partial charge in [-0.05, 0) is 35.8 Å². The molecule has 1 aromatic heterocycles. The van der Waals surface area contributed by atoms with E-state index >= 15 is 0 Å². The van der Waals surface area contributed by atoms with Crippen LogP contribution in [0.25, 0.3) is 22.0 Å². The van der Waals surface area contributed by atoms with Gasteiger partial charge in [-0.25, -0.2) is 4.98 Å². The van der Waals surface area contributed by atoms with Crippen LogP contribution in [0.4, 0.5) is 0 Å². The van der Waals surface area contributed by atoms with Crippen molar-refractivity contribution in [1.82, 2.24) is 9.36 Å². The van der Waals surface area contributed by atoms with Gasteiger partial charge in [-0.15, -0.1) is 0 Å². The number of rotatable bonds is 2. The lowest BCUT2D eigenvalue weighted by Gasteiger charge is -1.99. The molecule has 23 heavy (non-hydrogen) atoms. The van der Waals surface area contributed by atoms with E-state index in [1.54, 1.807) is 36.4 Å². The molecule has 1 heterocycles. The Bertz CT molecular complexity index is 666. The normalized spacial score (nSPS) is 9.22. The molecule has 0 aliphatic heterocycles. The van der Waals surface area contributed by atoms with Crippen molar-refractivity contribution in [3.8, 4) is 33.5 Å². The van der Waals surface area contributed by atoms with E-state index in [9.17, 15) is 10.2 Å². The van der Waals surface area contributed by atoms with Crippen molar-refractivity contribution in [1.29, 1.82) is 0 Å². The van der Waals surface area contributed by atoms with Crippen molar-refractivity contribution < 1.29 is 10.2 Å². The van der Waals surface area contributed by atoms with Gasteiger partial charge in [0.2, 0.25) is 0 Å². The second kappa shape index (κ2) is 9.58. The SMILES string of the molecule is CC.CC.Oc1ccccc1-c1nsc(-c2ccccc2O)n1. The quantitative estimate of drug-likeness (QED) is 0.666. The Morgan fingerprint density at radius 2 is 1.22 bits per heavy atom. The van der Waals surface area contributed by atoms with Crippen LogP contribution in [0.15, 0.2) is 48.5 Å². The number of phenolic OH excluding ortho intramolecular Hbond substituents is 2. The zero-order valence-electron chi connectivity index (χ0n) is 13.8. The molecule has 0 fully saturated rings. The largest absolute Gasteiger partial charge is 0.507 e. The fourth-order valence-electron chi connectivity index (χ4n) is 1.76. The molecule has 0 spiro atoms. The van der Waals surface area contributed by atoms with E-state index in [1.807, 2.05) is 39.8 Å². The molecule has 0 aliphatic carbocycles. The molecule has 0 radical (unpaired) electrons. The molecule has 2 aromatic carbocycles. The number of phenols is 2. The van der Waals surface area contributed by atoms with Crippen molar-refractivity contribution in [2.45, 2.75) is 27.7 Å². The van der Waals surface area contributed by atoms with Crippen molar-refractivity contribution in [2.24, 2.45) is 0 Å². The molecule has 0 saturated heterocycles. The van der Waals surface area contributed by atoms with E-state index in [2.05, 4.69) is 9.36 Å². The van der Waals surface area contributed by atoms with Gasteiger partial charge in [-0.3, -0.25) is 0 Å². The van der Waals surface area contributed by atoms with Gasteiger partial charge in [0.1, 0.15) is 16.5 Å². The summed E-state index contributed by atoms with van der Waals surface area (Å²) in [6, 6.07) is 13.9. The van der Waals surface area contributed by atoms with Crippen LogP contribution in [0, 0.1) is 0 Å². The standard InChI is InChI=1S/C14H10N2O2S.2C2H6/c17-11-7-3-1-5-9(11)13-15-14(19-16-13)10-6-2-4-8-12(10)18;2*1-2/h1-8,17-18H;2*1-2H3. The third-order valence-electron chi connectivity index (χ3n) is 2.71. The van der Waals surface area contributed by atoms with Gasteiger partial charge >= 0.3 is 0 Å². The van der Waals surface area contributed by atoms with E-state index in [-0.39, 0.29) is 11.5 Å². The highest BCUT2D eigenvalue weighted by Gasteiger charge is 2.13. The zero-order chi connectivity index (χ0) is 17.2. The fourth-order valence-corrected chi connectivity index (χ4v) is 2.47. The molecule has 0 amide bonds. The number of aromatic hydroxyl groups is 2. The number of nitrogens with zero attached hydrogens (tertiary/aromatic N) is 2. The summed E-state index contributed by atoms with van der Waals surface area (Å²) in [7, 11) is 0. The smallest absolute Gasteiger partial charge is 0.177 e. The molecule has 0 unspecified atom stereocenters. The highest BCUT2D eigenvalue weighted by Crippen LogP contribution is 2.33. The molecule has 0 saturated carbocycles. The summed E-state index contributed by atoms with van der Waals surface area (Å²) in [6.07, 6.45) is 0. The predicted molar refractivity (Wildman–Crippen MR) is 96.8 cm³/mol. The van der Waals surface area contributed by atoms with Crippen LogP contribution in [-0.4, -0.2) is 19.6 Å². The number of aromatic nitrogens is 2. The summed E-state index contributed by atoms with van der Waals surface area (Å²) < 4.78 is 4.22. The Morgan fingerprint density at radius 3 is 1.74 bits per heavy atom. The number of hydrogen-bond donors (Lipinski definition) is 2. The van der Waals surface area contributed by atoms with Gasteiger partial charge in [0.25, 0.3) is 0 Å². The minimum Gasteiger partial charge on any atom is -0.507 e. The van der Waals surface area contributed by atoms with E-state index in [4.69, 9.17) is 0 Å². The zero-order valence-corrected chi connectivity index (χ0v) is 14.6. The molecule has 122 valence electrons. The average Bonchev–Trinajstić information content (AvgIpc) is 3.09. The molecule has 2 N–H and O–H groups in total. The number of benzene rings is 2. The van der Waals surface area contributed by atoms with Gasteiger partial charge in [-0.1, -0.05) is 52.0 Å². The van der Waals surface area contributed by atoms with Gasteiger partial charge < -0.3 is 10.2 Å². The summed E-state index contributed by atoms with van der Waals surface area (Å²) in [4.78, 5) is 4.36. The van der Waals surface area contributed by atoms with Crippen LogP contribution in [0.3, 0.4) is 0 Å². The van der Waals surface area contributed by atoms with Gasteiger partial charge in [0.05, 0.1) is 11.1 Å². The first-order chi connectivity index (χ1) is 11.3. The minimum absolute atomic E-state index is 0.143. The van der Waals surface area contributed by atoms with E-state index < -0.39 is 0 Å². The molecule has 3 rings (SSSR count). The summed E-state index contributed by atoms with van der Waals surface area (Å²) in [5.74, 6) is 0.771. The van der Waals surface area contributed by atoms with E-state index in [1.165, 1.54) is 11.5 Å². The first-order valence-corrected chi connectivity index (χ1v) is 8.43. The first kappa shape index (κ1) is 18.6. The monoisotopic (exact) mass is 330 g/mol. The van der Waals surface area contributed by atoms with Crippen molar-refractivity contribution in [2.75, 3.05) is 0 Å². The average molecular weight is 330 g/mol. The second-order valence-electron chi connectivity index (χ2n) is 3.96. The lowest BCUT2D eigenvalue weighted by atomic mass is 10.2.